The molecule has 1 saturated heterocycles. The Morgan fingerprint density at radius 2 is 1.87 bits per heavy atom. The van der Waals surface area contributed by atoms with Gasteiger partial charge in [0.25, 0.3) is 0 Å². The van der Waals surface area contributed by atoms with E-state index < -0.39 is 33.0 Å². The summed E-state index contributed by atoms with van der Waals surface area (Å²) in [5.74, 6) is -1.04. The first-order valence-corrected chi connectivity index (χ1v) is 5.87. The molecule has 0 aromatic heterocycles. The van der Waals surface area contributed by atoms with E-state index in [0.29, 0.717) is 0 Å². The van der Waals surface area contributed by atoms with Gasteiger partial charge >= 0.3 is 16.4 Å². The Balaban J connectivity index is 2.27. The number of nitrogens with one attached hydrogen (secondary N) is 1. The van der Waals surface area contributed by atoms with Crippen LogP contribution >= 0.6 is 0 Å². The topological polar surface area (TPSA) is 46.2 Å². The minimum absolute atomic E-state index is 0.0876. The molecule has 2 unspecified atom stereocenters. The second-order valence-electron chi connectivity index (χ2n) is 4.32. The van der Waals surface area contributed by atoms with Gasteiger partial charge in [-0.3, -0.25) is 0 Å². The number of hydrogen-bond acceptors (Lipinski definition) is 3. The maximum absolute atomic E-state index is 12.6. The van der Waals surface area contributed by atoms with Gasteiger partial charge in [0.2, 0.25) is 0 Å². The van der Waals surface area contributed by atoms with Gasteiger partial charge in [0, 0.05) is 18.5 Å². The summed E-state index contributed by atoms with van der Waals surface area (Å²) < 4.78 is 71.2. The minimum Gasteiger partial charge on any atom is -0.315 e. The fourth-order valence-corrected chi connectivity index (χ4v) is 3.74. The molecule has 1 heterocycles. The van der Waals surface area contributed by atoms with Crippen LogP contribution in [0, 0.1) is 10.8 Å². The van der Waals surface area contributed by atoms with E-state index in [1.54, 1.807) is 0 Å². The first-order chi connectivity index (χ1) is 6.62. The van der Waals surface area contributed by atoms with E-state index in [0.717, 1.165) is 0 Å². The standard InChI is InChI=1S/C7H9F4NO2S/c8-7(9,10)6-1-5(6,2-12-3-6)4-15(11,13)14/h12H,1-4H2. The smallest absolute Gasteiger partial charge is 0.315 e. The van der Waals surface area contributed by atoms with Gasteiger partial charge in [0.1, 0.15) is 0 Å². The third-order valence-electron chi connectivity index (χ3n) is 3.41. The molecule has 1 aliphatic carbocycles. The molecule has 2 rings (SSSR count). The quantitative estimate of drug-likeness (QED) is 0.580. The first kappa shape index (κ1) is 11.1. The SMILES string of the molecule is O=S(=O)(F)CC12CNCC1(C(F)(F)F)C2. The van der Waals surface area contributed by atoms with Crippen LogP contribution in [0.5, 0.6) is 0 Å². The van der Waals surface area contributed by atoms with Crippen molar-refractivity contribution in [2.75, 3.05) is 18.8 Å². The molecule has 0 bridgehead atoms. The second kappa shape index (κ2) is 2.65. The average Bonchev–Trinajstić information content (AvgIpc) is 2.44. The van der Waals surface area contributed by atoms with Gasteiger partial charge in [-0.15, -0.1) is 3.89 Å². The van der Waals surface area contributed by atoms with Crippen LogP contribution in [0.2, 0.25) is 0 Å². The van der Waals surface area contributed by atoms with Crippen molar-refractivity contribution in [1.82, 2.24) is 5.32 Å². The van der Waals surface area contributed by atoms with Gasteiger partial charge in [-0.25, -0.2) is 0 Å². The van der Waals surface area contributed by atoms with Crippen LogP contribution in [0.25, 0.3) is 0 Å². The highest BCUT2D eigenvalue weighted by atomic mass is 32.3. The zero-order chi connectivity index (χ0) is 11.5. The molecule has 1 aliphatic heterocycles. The molecule has 0 amide bonds. The molecule has 1 N–H and O–H groups in total. The van der Waals surface area contributed by atoms with E-state index in [9.17, 15) is 25.5 Å². The molecule has 2 aliphatic rings. The summed E-state index contributed by atoms with van der Waals surface area (Å²) in [6.45, 7) is -0.401. The highest BCUT2D eigenvalue weighted by Gasteiger charge is 2.82. The van der Waals surface area contributed by atoms with Gasteiger partial charge in [0.15, 0.2) is 0 Å². The molecule has 0 aromatic rings. The molecule has 2 fully saturated rings. The lowest BCUT2D eigenvalue weighted by atomic mass is 9.97. The maximum atomic E-state index is 12.6. The van der Waals surface area contributed by atoms with Crippen LogP contribution in [0.15, 0.2) is 0 Å². The van der Waals surface area contributed by atoms with E-state index in [4.69, 9.17) is 0 Å². The summed E-state index contributed by atoms with van der Waals surface area (Å²) in [5.41, 5.74) is -3.50. The second-order valence-corrected chi connectivity index (χ2v) is 5.69. The number of piperidine rings is 1. The van der Waals surface area contributed by atoms with E-state index in [2.05, 4.69) is 5.32 Å². The monoisotopic (exact) mass is 247 g/mol. The van der Waals surface area contributed by atoms with E-state index >= 15 is 0 Å². The largest absolute Gasteiger partial charge is 0.396 e. The maximum Gasteiger partial charge on any atom is 0.396 e. The van der Waals surface area contributed by atoms with Crippen LogP contribution in [0.1, 0.15) is 6.42 Å². The molecule has 15 heavy (non-hydrogen) atoms. The Morgan fingerprint density at radius 1 is 1.27 bits per heavy atom. The van der Waals surface area contributed by atoms with Gasteiger partial charge in [-0.1, -0.05) is 0 Å². The van der Waals surface area contributed by atoms with Crippen molar-refractivity contribution in [2.24, 2.45) is 10.8 Å². The van der Waals surface area contributed by atoms with E-state index in [1.807, 2.05) is 0 Å². The average molecular weight is 247 g/mol. The fourth-order valence-electron chi connectivity index (χ4n) is 2.60. The summed E-state index contributed by atoms with van der Waals surface area (Å²) in [5, 5.41) is 2.48. The Labute approximate surface area is 84.1 Å². The molecule has 3 nitrogen and oxygen atoms in total. The lowest BCUT2D eigenvalue weighted by Crippen LogP contribution is -2.33. The normalized spacial score (nSPS) is 40.3. The Hall–Kier alpha value is -0.370. The molecular weight excluding hydrogens is 238 g/mol. The molecule has 1 saturated carbocycles. The van der Waals surface area contributed by atoms with Crippen molar-refractivity contribution in [1.29, 1.82) is 0 Å². The van der Waals surface area contributed by atoms with Gasteiger partial charge in [0.05, 0.1) is 11.2 Å². The van der Waals surface area contributed by atoms with Crippen LogP contribution in [-0.4, -0.2) is 33.4 Å². The predicted octanol–water partition coefficient (Wildman–Crippen LogP) is 0.828. The summed E-state index contributed by atoms with van der Waals surface area (Å²) in [7, 11) is -4.86. The Morgan fingerprint density at radius 3 is 2.27 bits per heavy atom. The number of hydrogen-bond donors (Lipinski definition) is 1. The molecular formula is C7H9F4NO2S. The van der Waals surface area contributed by atoms with Crippen LogP contribution in [0.3, 0.4) is 0 Å². The lowest BCUT2D eigenvalue weighted by molar-refractivity contribution is -0.189. The summed E-state index contributed by atoms with van der Waals surface area (Å²) in [6, 6.07) is 0. The number of halogens is 4. The third-order valence-corrected chi connectivity index (χ3v) is 4.31. The van der Waals surface area contributed by atoms with Gasteiger partial charge in [-0.2, -0.15) is 21.6 Å². The van der Waals surface area contributed by atoms with Crippen LogP contribution in [0.4, 0.5) is 17.1 Å². The van der Waals surface area contributed by atoms with E-state index in [-0.39, 0.29) is 19.5 Å². The number of alkyl halides is 3. The molecule has 88 valence electrons. The molecule has 2 atom stereocenters. The minimum atomic E-state index is -4.86. The van der Waals surface area contributed by atoms with Crippen molar-refractivity contribution in [3.8, 4) is 0 Å². The van der Waals surface area contributed by atoms with Gasteiger partial charge < -0.3 is 5.32 Å². The Kier molecular flexibility index (Phi) is 1.97. The Bertz CT molecular complexity index is 392. The molecule has 8 heteroatoms. The zero-order valence-corrected chi connectivity index (χ0v) is 8.38. The predicted molar refractivity (Wildman–Crippen MR) is 43.3 cm³/mol. The number of rotatable bonds is 2. The summed E-state index contributed by atoms with van der Waals surface area (Å²) in [4.78, 5) is 0. The molecule has 0 aromatic carbocycles. The summed E-state index contributed by atoms with van der Waals surface area (Å²) >= 11 is 0. The number of fused-ring (bicyclic) bond motifs is 1. The van der Waals surface area contributed by atoms with Crippen LogP contribution in [-0.2, 0) is 10.2 Å². The van der Waals surface area contributed by atoms with Crippen molar-refractivity contribution < 1.29 is 25.5 Å². The highest BCUT2D eigenvalue weighted by Crippen LogP contribution is 2.73. The summed E-state index contributed by atoms with van der Waals surface area (Å²) in [6.07, 6.45) is -4.76. The van der Waals surface area contributed by atoms with Crippen molar-refractivity contribution in [3.63, 3.8) is 0 Å². The zero-order valence-electron chi connectivity index (χ0n) is 7.57. The van der Waals surface area contributed by atoms with Crippen LogP contribution < -0.4 is 5.32 Å². The lowest BCUT2D eigenvalue weighted by Gasteiger charge is -2.19. The van der Waals surface area contributed by atoms with E-state index in [1.165, 1.54) is 0 Å². The van der Waals surface area contributed by atoms with Crippen molar-refractivity contribution >= 4 is 10.2 Å². The third kappa shape index (κ3) is 1.45. The van der Waals surface area contributed by atoms with Crippen molar-refractivity contribution in [2.45, 2.75) is 12.6 Å². The molecule has 0 spiro atoms. The first-order valence-electron chi connectivity index (χ1n) is 4.32. The van der Waals surface area contributed by atoms with Crippen molar-refractivity contribution in [3.05, 3.63) is 0 Å². The highest BCUT2D eigenvalue weighted by molar-refractivity contribution is 7.86. The van der Waals surface area contributed by atoms with Gasteiger partial charge in [-0.05, 0) is 6.42 Å². The molecule has 0 radical (unpaired) electrons. The fraction of sp³-hybridized carbons (Fsp3) is 1.00.